The van der Waals surface area contributed by atoms with E-state index < -0.39 is 16.1 Å². The predicted octanol–water partition coefficient (Wildman–Crippen LogP) is 0.769. The number of rotatable bonds is 6. The topological polar surface area (TPSA) is 98.7 Å². The third-order valence-electron chi connectivity index (χ3n) is 4.59. The summed E-state index contributed by atoms with van der Waals surface area (Å²) >= 11 is 0. The van der Waals surface area contributed by atoms with Gasteiger partial charge < -0.3 is 14.9 Å². The van der Waals surface area contributed by atoms with E-state index in [0.717, 1.165) is 11.4 Å². The summed E-state index contributed by atoms with van der Waals surface area (Å²) in [6, 6.07) is 8.43. The van der Waals surface area contributed by atoms with Crippen LogP contribution in [0.1, 0.15) is 12.0 Å². The van der Waals surface area contributed by atoms with Gasteiger partial charge >= 0.3 is 0 Å². The molecule has 9 heteroatoms. The molecule has 27 heavy (non-hydrogen) atoms. The van der Waals surface area contributed by atoms with Gasteiger partial charge in [-0.05, 0) is 31.0 Å². The summed E-state index contributed by atoms with van der Waals surface area (Å²) in [7, 11) is 0.160. The number of β-amino-alcohol motifs (C(OH)–C–C–N with tert-alkyl or cyclic N) is 1. The maximum Gasteiger partial charge on any atom is 0.240 e. The summed E-state index contributed by atoms with van der Waals surface area (Å²) < 4.78 is 27.8. The Hall–Kier alpha value is -2.23. The molecule has 0 amide bonds. The molecule has 0 radical (unpaired) electrons. The Morgan fingerprint density at radius 3 is 2.78 bits per heavy atom. The summed E-state index contributed by atoms with van der Waals surface area (Å²) in [6.07, 6.45) is 1.41. The van der Waals surface area contributed by atoms with E-state index >= 15 is 0 Å². The third kappa shape index (κ3) is 4.55. The van der Waals surface area contributed by atoms with Crippen LogP contribution in [0.25, 0.3) is 0 Å². The van der Waals surface area contributed by atoms with Crippen molar-refractivity contribution in [3.05, 3.63) is 42.2 Å². The number of benzene rings is 1. The highest BCUT2D eigenvalue weighted by Crippen LogP contribution is 2.26. The van der Waals surface area contributed by atoms with E-state index in [2.05, 4.69) is 14.7 Å². The number of aromatic nitrogens is 2. The number of aliphatic hydroxyl groups is 1. The Kier molecular flexibility index (Phi) is 5.64. The largest absolute Gasteiger partial charge is 0.391 e. The zero-order chi connectivity index (χ0) is 19.6. The van der Waals surface area contributed by atoms with Crippen molar-refractivity contribution in [2.45, 2.75) is 30.4 Å². The van der Waals surface area contributed by atoms with Crippen LogP contribution in [0.4, 0.5) is 11.6 Å². The van der Waals surface area contributed by atoms with Crippen molar-refractivity contribution in [2.75, 3.05) is 37.0 Å². The average Bonchev–Trinajstić information content (AvgIpc) is 3.01. The van der Waals surface area contributed by atoms with Crippen LogP contribution >= 0.6 is 0 Å². The number of nitrogens with one attached hydrogen (secondary N) is 1. The lowest BCUT2D eigenvalue weighted by molar-refractivity contribution is 0.194. The third-order valence-corrected chi connectivity index (χ3v) is 6.01. The van der Waals surface area contributed by atoms with Gasteiger partial charge in [-0.3, -0.25) is 0 Å². The maximum atomic E-state index is 12.6. The lowest BCUT2D eigenvalue weighted by Crippen LogP contribution is -2.40. The van der Waals surface area contributed by atoms with Crippen molar-refractivity contribution in [1.82, 2.24) is 14.7 Å². The fourth-order valence-corrected chi connectivity index (χ4v) is 4.35. The number of nitrogens with zero attached hydrogens (tertiary/aromatic N) is 4. The van der Waals surface area contributed by atoms with Gasteiger partial charge in [-0.1, -0.05) is 12.1 Å². The van der Waals surface area contributed by atoms with Gasteiger partial charge in [0, 0.05) is 39.3 Å². The van der Waals surface area contributed by atoms with Gasteiger partial charge in [0.15, 0.2) is 0 Å². The zero-order valence-electron chi connectivity index (χ0n) is 15.7. The molecule has 1 fully saturated rings. The molecule has 146 valence electrons. The van der Waals surface area contributed by atoms with E-state index in [0.29, 0.717) is 18.8 Å². The van der Waals surface area contributed by atoms with Crippen molar-refractivity contribution in [2.24, 2.45) is 0 Å². The van der Waals surface area contributed by atoms with Gasteiger partial charge in [0.25, 0.3) is 0 Å². The van der Waals surface area contributed by atoms with E-state index in [1.807, 2.05) is 43.0 Å². The fourth-order valence-electron chi connectivity index (χ4n) is 3.18. The zero-order valence-corrected chi connectivity index (χ0v) is 16.5. The molecule has 0 saturated carbocycles. The van der Waals surface area contributed by atoms with Gasteiger partial charge in [-0.25, -0.2) is 23.1 Å². The smallest absolute Gasteiger partial charge is 0.240 e. The maximum absolute atomic E-state index is 12.6. The van der Waals surface area contributed by atoms with E-state index in [1.165, 1.54) is 6.33 Å². The van der Waals surface area contributed by atoms with E-state index in [4.69, 9.17) is 0 Å². The Morgan fingerprint density at radius 1 is 1.30 bits per heavy atom. The standard InChI is InChI=1S/C18H25N5O3S/c1-13-5-4-6-16(7-13)27(25,26)21-10-14-8-15(24)11-23(14)18-9-17(22(2)3)19-12-20-18/h4-7,9,12,14-15,21,24H,8,10-11H2,1-3H3/t14-,15-/m1/s1. The molecule has 0 bridgehead atoms. The fraction of sp³-hybridized carbons (Fsp3) is 0.444. The van der Waals surface area contributed by atoms with E-state index in [9.17, 15) is 13.5 Å². The summed E-state index contributed by atoms with van der Waals surface area (Å²) in [5, 5.41) is 10.1. The van der Waals surface area contributed by atoms with Gasteiger partial charge in [-0.15, -0.1) is 0 Å². The second-order valence-electron chi connectivity index (χ2n) is 6.99. The van der Waals surface area contributed by atoms with Crippen LogP contribution in [0, 0.1) is 6.92 Å². The quantitative estimate of drug-likeness (QED) is 0.750. The molecule has 3 rings (SSSR count). The first kappa shape index (κ1) is 19.5. The van der Waals surface area contributed by atoms with Crippen LogP contribution in [0.5, 0.6) is 0 Å². The van der Waals surface area contributed by atoms with Crippen LogP contribution < -0.4 is 14.5 Å². The van der Waals surface area contributed by atoms with Crippen molar-refractivity contribution in [1.29, 1.82) is 0 Å². The number of hydrogen-bond donors (Lipinski definition) is 2. The molecule has 0 spiro atoms. The Labute approximate surface area is 159 Å². The molecule has 1 aliphatic rings. The number of aliphatic hydroxyl groups excluding tert-OH is 1. The van der Waals surface area contributed by atoms with E-state index in [1.54, 1.807) is 18.2 Å². The Bertz CT molecular complexity index is 903. The summed E-state index contributed by atoms with van der Waals surface area (Å²) in [5.74, 6) is 1.42. The van der Waals surface area contributed by atoms with Gasteiger partial charge in [-0.2, -0.15) is 0 Å². The summed E-state index contributed by atoms with van der Waals surface area (Å²) in [4.78, 5) is 12.5. The first-order valence-corrected chi connectivity index (χ1v) is 10.2. The Balaban J connectivity index is 1.76. The minimum Gasteiger partial charge on any atom is -0.391 e. The average molecular weight is 391 g/mol. The second-order valence-corrected chi connectivity index (χ2v) is 8.76. The molecule has 1 aromatic heterocycles. The molecule has 1 aromatic carbocycles. The van der Waals surface area contributed by atoms with Crippen LogP contribution in [0.2, 0.25) is 0 Å². The molecule has 0 aliphatic carbocycles. The Morgan fingerprint density at radius 2 is 2.07 bits per heavy atom. The highest BCUT2D eigenvalue weighted by molar-refractivity contribution is 7.89. The number of aryl methyl sites for hydroxylation is 1. The van der Waals surface area contributed by atoms with Gasteiger partial charge in [0.1, 0.15) is 18.0 Å². The molecule has 2 aromatic rings. The molecular weight excluding hydrogens is 366 g/mol. The molecule has 1 aliphatic heterocycles. The van der Waals surface area contributed by atoms with Crippen molar-refractivity contribution in [3.63, 3.8) is 0 Å². The summed E-state index contributed by atoms with van der Waals surface area (Å²) in [5.41, 5.74) is 0.882. The molecule has 2 N–H and O–H groups in total. The lowest BCUT2D eigenvalue weighted by atomic mass is 10.2. The number of anilines is 2. The predicted molar refractivity (Wildman–Crippen MR) is 104 cm³/mol. The molecule has 8 nitrogen and oxygen atoms in total. The minimum absolute atomic E-state index is 0.189. The van der Waals surface area contributed by atoms with Crippen LogP contribution in [0.3, 0.4) is 0 Å². The lowest BCUT2D eigenvalue weighted by Gasteiger charge is -2.26. The van der Waals surface area contributed by atoms with Crippen LogP contribution in [-0.4, -0.2) is 62.8 Å². The number of sulfonamides is 1. The summed E-state index contributed by atoms with van der Waals surface area (Å²) in [6.45, 7) is 2.45. The first-order chi connectivity index (χ1) is 12.8. The number of hydrogen-bond acceptors (Lipinski definition) is 7. The molecular formula is C18H25N5O3S. The van der Waals surface area contributed by atoms with Crippen LogP contribution in [0.15, 0.2) is 41.6 Å². The molecule has 2 atom stereocenters. The van der Waals surface area contributed by atoms with Gasteiger partial charge in [0.2, 0.25) is 10.0 Å². The first-order valence-electron chi connectivity index (χ1n) is 8.76. The minimum atomic E-state index is -3.61. The highest BCUT2D eigenvalue weighted by Gasteiger charge is 2.33. The normalized spacial score (nSPS) is 20.1. The van der Waals surface area contributed by atoms with Crippen molar-refractivity contribution >= 4 is 21.7 Å². The van der Waals surface area contributed by atoms with Gasteiger partial charge in [0.05, 0.1) is 11.0 Å². The monoisotopic (exact) mass is 391 g/mol. The molecule has 2 heterocycles. The van der Waals surface area contributed by atoms with Crippen LogP contribution in [-0.2, 0) is 10.0 Å². The molecule has 1 saturated heterocycles. The molecule has 0 unspecified atom stereocenters. The highest BCUT2D eigenvalue weighted by atomic mass is 32.2. The SMILES string of the molecule is Cc1cccc(S(=O)(=O)NC[C@H]2C[C@@H](O)CN2c2cc(N(C)C)ncn2)c1. The van der Waals surface area contributed by atoms with Crippen molar-refractivity contribution in [3.8, 4) is 0 Å². The van der Waals surface area contributed by atoms with Crippen molar-refractivity contribution < 1.29 is 13.5 Å². The van der Waals surface area contributed by atoms with E-state index in [-0.39, 0.29) is 17.5 Å². The second kappa shape index (κ2) is 7.79.